The van der Waals surface area contributed by atoms with E-state index in [-0.39, 0.29) is 40.9 Å². The van der Waals surface area contributed by atoms with Gasteiger partial charge in [0.15, 0.2) is 0 Å². The van der Waals surface area contributed by atoms with Gasteiger partial charge < -0.3 is 20.1 Å². The van der Waals surface area contributed by atoms with E-state index in [2.05, 4.69) is 38.7 Å². The Morgan fingerprint density at radius 2 is 1.46 bits per heavy atom. The molecule has 0 aliphatic heterocycles. The highest BCUT2D eigenvalue weighted by atomic mass is 79.9. The number of hydrogen-bond donors (Lipinski definition) is 2. The second kappa shape index (κ2) is 17.8. The molecule has 52 heavy (non-hydrogen) atoms. The molecule has 2 N–H and O–H groups in total. The van der Waals surface area contributed by atoms with Gasteiger partial charge in [-0.3, -0.25) is 9.59 Å². The van der Waals surface area contributed by atoms with Gasteiger partial charge in [0.1, 0.15) is 0 Å². The molecule has 10 nitrogen and oxygen atoms in total. The van der Waals surface area contributed by atoms with Crippen LogP contribution in [0.5, 0.6) is 0 Å². The lowest BCUT2D eigenvalue weighted by Gasteiger charge is -2.34. The summed E-state index contributed by atoms with van der Waals surface area (Å²) in [6, 6.07) is 27.1. The number of amides is 1. The van der Waals surface area contributed by atoms with Crippen molar-refractivity contribution in [3.8, 4) is 0 Å². The number of aryl methyl sites for hydroxylation is 2. The van der Waals surface area contributed by atoms with E-state index in [0.717, 1.165) is 34.1 Å². The fraction of sp³-hybridized carbons (Fsp3) is 0.325. The van der Waals surface area contributed by atoms with Crippen molar-refractivity contribution in [1.29, 1.82) is 0 Å². The average molecular weight is 791 g/mol. The Hall–Kier alpha value is -4.52. The standard InChI is InChI=1S/C40H44BrN3O7S/c1-4-44(35-22-17-30(18-23-35)40(47)51-3)52(48,49)36-7-5-6-31(24-36)38(45)43-37-25-33(41)19-16-32(37)26-42-34-20-12-28(13-21-34)9-8-27-10-14-29(15-11-27)39(46)50-2/h5-7,10-16,19-21,24-25,30,35,42H,4,8-9,17-18,22-23,26H2,1-3H3,(H,43,45). The summed E-state index contributed by atoms with van der Waals surface area (Å²) in [6.07, 6.45) is 3.94. The molecule has 1 fully saturated rings. The number of carbonyl (C=O) groups is 3. The highest BCUT2D eigenvalue weighted by molar-refractivity contribution is 9.10. The van der Waals surface area contributed by atoms with Crippen LogP contribution >= 0.6 is 15.9 Å². The number of nitrogens with one attached hydrogen (secondary N) is 2. The number of ether oxygens (including phenoxy) is 2. The van der Waals surface area contributed by atoms with Crippen molar-refractivity contribution in [3.63, 3.8) is 0 Å². The molecular weight excluding hydrogens is 746 g/mol. The third-order valence-electron chi connectivity index (χ3n) is 9.49. The fourth-order valence-electron chi connectivity index (χ4n) is 6.54. The number of nitrogens with zero attached hydrogens (tertiary/aromatic N) is 1. The van der Waals surface area contributed by atoms with Crippen molar-refractivity contribution in [2.24, 2.45) is 5.92 Å². The van der Waals surface area contributed by atoms with E-state index in [0.29, 0.717) is 43.5 Å². The van der Waals surface area contributed by atoms with Crippen LogP contribution in [0, 0.1) is 5.92 Å². The van der Waals surface area contributed by atoms with Crippen LogP contribution in [0.1, 0.15) is 70.0 Å². The van der Waals surface area contributed by atoms with Gasteiger partial charge in [0, 0.05) is 40.5 Å². The van der Waals surface area contributed by atoms with E-state index in [4.69, 9.17) is 9.47 Å². The van der Waals surface area contributed by atoms with Gasteiger partial charge in [-0.25, -0.2) is 13.2 Å². The van der Waals surface area contributed by atoms with Crippen LogP contribution in [0.4, 0.5) is 11.4 Å². The van der Waals surface area contributed by atoms with Crippen molar-refractivity contribution < 1.29 is 32.3 Å². The number of halogens is 1. The van der Waals surface area contributed by atoms with Crippen LogP contribution in [0.15, 0.2) is 100 Å². The molecule has 0 unspecified atom stereocenters. The highest BCUT2D eigenvalue weighted by Gasteiger charge is 2.35. The summed E-state index contributed by atoms with van der Waals surface area (Å²) in [6.45, 7) is 2.51. The SMILES string of the molecule is CCN(C1CCC(C(=O)OC)CC1)S(=O)(=O)c1cccc(C(=O)Nc2cc(Br)ccc2CNc2ccc(CCc3ccc(C(=O)OC)cc3)cc2)c1. The van der Waals surface area contributed by atoms with E-state index in [1.54, 1.807) is 31.2 Å². The van der Waals surface area contributed by atoms with Crippen molar-refractivity contribution in [1.82, 2.24) is 4.31 Å². The maximum Gasteiger partial charge on any atom is 0.337 e. The van der Waals surface area contributed by atoms with Crippen LogP contribution in [0.25, 0.3) is 0 Å². The first kappa shape index (κ1) is 38.7. The zero-order chi connectivity index (χ0) is 37.3. The Balaban J connectivity index is 1.20. The predicted molar refractivity (Wildman–Crippen MR) is 205 cm³/mol. The van der Waals surface area contributed by atoms with E-state index >= 15 is 0 Å². The van der Waals surface area contributed by atoms with Gasteiger partial charge in [-0.1, -0.05) is 59.3 Å². The molecule has 0 atom stereocenters. The summed E-state index contributed by atoms with van der Waals surface area (Å²) in [5.74, 6) is -1.24. The zero-order valence-electron chi connectivity index (χ0n) is 29.6. The minimum atomic E-state index is -3.90. The maximum absolute atomic E-state index is 13.8. The van der Waals surface area contributed by atoms with Crippen molar-refractivity contribution in [3.05, 3.63) is 123 Å². The van der Waals surface area contributed by atoms with Gasteiger partial charge in [-0.2, -0.15) is 4.31 Å². The first-order valence-corrected chi connectivity index (χ1v) is 19.5. The Bertz CT molecular complexity index is 1980. The number of benzene rings is 4. The third kappa shape index (κ3) is 9.67. The highest BCUT2D eigenvalue weighted by Crippen LogP contribution is 2.32. The lowest BCUT2D eigenvalue weighted by atomic mass is 9.86. The van der Waals surface area contributed by atoms with Gasteiger partial charge >= 0.3 is 11.9 Å². The summed E-state index contributed by atoms with van der Waals surface area (Å²) in [5, 5.41) is 6.41. The molecule has 4 aromatic carbocycles. The summed E-state index contributed by atoms with van der Waals surface area (Å²) in [4.78, 5) is 37.3. The Kier molecular flexibility index (Phi) is 13.3. The smallest absolute Gasteiger partial charge is 0.337 e. The van der Waals surface area contributed by atoms with Gasteiger partial charge in [-0.15, -0.1) is 0 Å². The molecule has 1 amide bonds. The van der Waals surface area contributed by atoms with Crippen LogP contribution in [-0.2, 0) is 43.7 Å². The molecule has 0 radical (unpaired) electrons. The topological polar surface area (TPSA) is 131 Å². The van der Waals surface area contributed by atoms with Crippen molar-refractivity contribution in [2.45, 2.75) is 62.9 Å². The molecule has 0 saturated heterocycles. The monoisotopic (exact) mass is 789 g/mol. The fourth-order valence-corrected chi connectivity index (χ4v) is 8.64. The molecule has 0 heterocycles. The average Bonchev–Trinajstić information content (AvgIpc) is 3.17. The molecule has 1 saturated carbocycles. The zero-order valence-corrected chi connectivity index (χ0v) is 32.0. The summed E-state index contributed by atoms with van der Waals surface area (Å²) >= 11 is 3.50. The predicted octanol–water partition coefficient (Wildman–Crippen LogP) is 7.63. The number of carbonyl (C=O) groups excluding carboxylic acids is 3. The van der Waals surface area contributed by atoms with Crippen molar-refractivity contribution in [2.75, 3.05) is 31.4 Å². The Morgan fingerprint density at radius 3 is 2.08 bits per heavy atom. The molecule has 0 bridgehead atoms. The van der Waals surface area contributed by atoms with Gasteiger partial charge in [0.2, 0.25) is 10.0 Å². The summed E-state index contributed by atoms with van der Waals surface area (Å²) in [7, 11) is -1.16. The number of sulfonamides is 1. The minimum Gasteiger partial charge on any atom is -0.469 e. The lowest BCUT2D eigenvalue weighted by Crippen LogP contribution is -2.43. The largest absolute Gasteiger partial charge is 0.469 e. The van der Waals surface area contributed by atoms with E-state index in [9.17, 15) is 22.8 Å². The second-order valence-electron chi connectivity index (χ2n) is 12.8. The molecule has 274 valence electrons. The molecule has 1 aliphatic rings. The van der Waals surface area contributed by atoms with Crippen LogP contribution in [0.2, 0.25) is 0 Å². The summed E-state index contributed by atoms with van der Waals surface area (Å²) in [5.41, 5.74) is 5.42. The Labute approximate surface area is 314 Å². The normalized spacial score (nSPS) is 15.9. The third-order valence-corrected chi connectivity index (χ3v) is 12.0. The van der Waals surface area contributed by atoms with Gasteiger partial charge in [0.05, 0.1) is 30.6 Å². The van der Waals surface area contributed by atoms with E-state index < -0.39 is 15.9 Å². The van der Waals surface area contributed by atoms with Crippen LogP contribution < -0.4 is 10.6 Å². The number of methoxy groups -OCH3 is 2. The first-order valence-electron chi connectivity index (χ1n) is 17.3. The quantitative estimate of drug-likeness (QED) is 0.125. The maximum atomic E-state index is 13.8. The Morgan fingerprint density at radius 1 is 0.808 bits per heavy atom. The van der Waals surface area contributed by atoms with E-state index in [1.165, 1.54) is 36.2 Å². The minimum absolute atomic E-state index is 0.0492. The molecule has 5 rings (SSSR count). The van der Waals surface area contributed by atoms with Crippen LogP contribution in [-0.4, -0.2) is 57.4 Å². The number of hydrogen-bond acceptors (Lipinski definition) is 8. The summed E-state index contributed by atoms with van der Waals surface area (Å²) < 4.78 is 39.6. The lowest BCUT2D eigenvalue weighted by molar-refractivity contribution is -0.146. The van der Waals surface area contributed by atoms with E-state index in [1.807, 2.05) is 42.5 Å². The van der Waals surface area contributed by atoms with Crippen LogP contribution in [0.3, 0.4) is 0 Å². The number of rotatable bonds is 14. The molecule has 1 aliphatic carbocycles. The molecule has 12 heteroatoms. The second-order valence-corrected chi connectivity index (χ2v) is 15.6. The molecule has 0 aromatic heterocycles. The number of anilines is 2. The van der Waals surface area contributed by atoms with Gasteiger partial charge in [-0.05, 0) is 110 Å². The van der Waals surface area contributed by atoms with Gasteiger partial charge in [0.25, 0.3) is 5.91 Å². The molecule has 0 spiro atoms. The molecule has 4 aromatic rings. The van der Waals surface area contributed by atoms with Crippen molar-refractivity contribution >= 4 is 55.2 Å². The first-order chi connectivity index (χ1) is 25.0. The molecular formula is C40H44BrN3O7S. The number of esters is 2.